The van der Waals surface area contributed by atoms with Gasteiger partial charge in [-0.3, -0.25) is 4.90 Å². The molecule has 4 nitrogen and oxygen atoms in total. The molecule has 0 amide bonds. The van der Waals surface area contributed by atoms with E-state index in [-0.39, 0.29) is 0 Å². The number of benzene rings is 1. The van der Waals surface area contributed by atoms with E-state index in [2.05, 4.69) is 22.5 Å². The predicted molar refractivity (Wildman–Crippen MR) is 104 cm³/mol. The van der Waals surface area contributed by atoms with Crippen LogP contribution in [-0.4, -0.2) is 41.8 Å². The van der Waals surface area contributed by atoms with Crippen molar-refractivity contribution in [2.24, 2.45) is 0 Å². The number of methoxy groups -OCH3 is 1. The van der Waals surface area contributed by atoms with Crippen LogP contribution in [0.2, 0.25) is 0 Å². The Labute approximate surface area is 150 Å². The summed E-state index contributed by atoms with van der Waals surface area (Å²) in [5.41, 5.74) is 0.968. The van der Waals surface area contributed by atoms with Crippen molar-refractivity contribution in [3.8, 4) is 5.75 Å². The third kappa shape index (κ3) is 4.19. The van der Waals surface area contributed by atoms with E-state index in [1.165, 1.54) is 45.1 Å². The van der Waals surface area contributed by atoms with E-state index in [1.807, 2.05) is 24.3 Å². The minimum Gasteiger partial charge on any atom is -0.497 e. The Bertz CT molecular complexity index is 551. The highest BCUT2D eigenvalue weighted by Crippen LogP contribution is 2.34. The Kier molecular flexibility index (Phi) is 5.95. The number of hydrogen-bond acceptors (Lipinski definition) is 3. The van der Waals surface area contributed by atoms with Crippen LogP contribution in [0.3, 0.4) is 0 Å². The molecule has 2 fully saturated rings. The lowest BCUT2D eigenvalue weighted by Crippen LogP contribution is -2.57. The first kappa shape index (κ1) is 17.5. The lowest BCUT2D eigenvalue weighted by atomic mass is 9.81. The van der Waals surface area contributed by atoms with Gasteiger partial charge in [0.25, 0.3) is 0 Å². The molecule has 2 N–H and O–H groups in total. The molecule has 2 saturated heterocycles. The second-order valence-electron chi connectivity index (χ2n) is 6.98. The summed E-state index contributed by atoms with van der Waals surface area (Å²) >= 11 is 5.53. The summed E-state index contributed by atoms with van der Waals surface area (Å²) < 4.78 is 5.26. The van der Waals surface area contributed by atoms with Gasteiger partial charge in [0.05, 0.1) is 7.11 Å². The number of rotatable bonds is 5. The van der Waals surface area contributed by atoms with Gasteiger partial charge in [0.1, 0.15) is 5.75 Å². The van der Waals surface area contributed by atoms with Gasteiger partial charge < -0.3 is 15.4 Å². The third-order valence-electron chi connectivity index (χ3n) is 5.27. The molecule has 2 atom stereocenters. The lowest BCUT2D eigenvalue weighted by molar-refractivity contribution is 0.0284. The number of ether oxygens (including phenoxy) is 1. The zero-order chi connectivity index (χ0) is 16.9. The molecule has 2 bridgehead atoms. The molecule has 2 heterocycles. The summed E-state index contributed by atoms with van der Waals surface area (Å²) in [6.45, 7) is 3.53. The van der Waals surface area contributed by atoms with Crippen molar-refractivity contribution in [1.82, 2.24) is 10.2 Å². The molecule has 3 rings (SSSR count). The molecule has 24 heavy (non-hydrogen) atoms. The first-order valence-electron chi connectivity index (χ1n) is 9.17. The van der Waals surface area contributed by atoms with E-state index in [0.717, 1.165) is 28.6 Å². The Morgan fingerprint density at radius 3 is 2.71 bits per heavy atom. The van der Waals surface area contributed by atoms with E-state index < -0.39 is 0 Å². The largest absolute Gasteiger partial charge is 0.497 e. The van der Waals surface area contributed by atoms with E-state index in [1.54, 1.807) is 7.11 Å². The fourth-order valence-electron chi connectivity index (χ4n) is 4.27. The van der Waals surface area contributed by atoms with Crippen molar-refractivity contribution in [3.05, 3.63) is 24.3 Å². The first-order valence-corrected chi connectivity index (χ1v) is 9.57. The Morgan fingerprint density at radius 1 is 1.29 bits per heavy atom. The zero-order valence-electron chi connectivity index (χ0n) is 14.8. The highest BCUT2D eigenvalue weighted by atomic mass is 32.1. The van der Waals surface area contributed by atoms with E-state index in [4.69, 9.17) is 17.0 Å². The van der Waals surface area contributed by atoms with Crippen molar-refractivity contribution in [3.63, 3.8) is 0 Å². The molecular weight excluding hydrogens is 318 g/mol. The standard InChI is InChI=1S/C19H29N3OS/c1-3-10-22-16-7-5-8-17(22)12-15(11-16)21-19(24)20-14-6-4-9-18(13-14)23-2/h4,6,9,13,15-17H,3,5,7-8,10-12H2,1-2H3,(H2,20,21,24)/t16-,17-/m0/s1. The Morgan fingerprint density at radius 2 is 2.04 bits per heavy atom. The van der Waals surface area contributed by atoms with Crippen LogP contribution in [0.15, 0.2) is 24.3 Å². The van der Waals surface area contributed by atoms with Crippen LogP contribution in [0.4, 0.5) is 5.69 Å². The molecular formula is C19H29N3OS. The maximum atomic E-state index is 5.53. The van der Waals surface area contributed by atoms with Gasteiger partial charge in [0.2, 0.25) is 0 Å². The van der Waals surface area contributed by atoms with Crippen molar-refractivity contribution in [2.75, 3.05) is 19.0 Å². The van der Waals surface area contributed by atoms with Gasteiger partial charge in [-0.05, 0) is 63.0 Å². The van der Waals surface area contributed by atoms with Crippen molar-refractivity contribution in [1.29, 1.82) is 0 Å². The second-order valence-corrected chi connectivity index (χ2v) is 7.38. The van der Waals surface area contributed by atoms with Crippen LogP contribution in [-0.2, 0) is 0 Å². The molecule has 0 radical (unpaired) electrons. The number of anilines is 1. The SMILES string of the molecule is CCCN1[C@H]2CCC[C@H]1CC(NC(=S)Nc1cccc(OC)c1)C2. The minimum atomic E-state index is 0.485. The Balaban J connectivity index is 1.55. The van der Waals surface area contributed by atoms with Crippen LogP contribution in [0.1, 0.15) is 45.4 Å². The molecule has 2 aliphatic heterocycles. The number of piperidine rings is 2. The smallest absolute Gasteiger partial charge is 0.170 e. The van der Waals surface area contributed by atoms with Gasteiger partial charge >= 0.3 is 0 Å². The van der Waals surface area contributed by atoms with Gasteiger partial charge in [-0.25, -0.2) is 0 Å². The van der Waals surface area contributed by atoms with Gasteiger partial charge in [-0.15, -0.1) is 0 Å². The summed E-state index contributed by atoms with van der Waals surface area (Å²) in [7, 11) is 1.68. The quantitative estimate of drug-likeness (QED) is 0.793. The summed E-state index contributed by atoms with van der Waals surface area (Å²) in [6, 6.07) is 9.83. The molecule has 0 saturated carbocycles. The minimum absolute atomic E-state index is 0.485. The number of fused-ring (bicyclic) bond motifs is 2. The molecule has 132 valence electrons. The summed E-state index contributed by atoms with van der Waals surface area (Å²) in [5.74, 6) is 0.838. The molecule has 0 aliphatic carbocycles. The lowest BCUT2D eigenvalue weighted by Gasteiger charge is -2.49. The maximum Gasteiger partial charge on any atom is 0.170 e. The van der Waals surface area contributed by atoms with E-state index >= 15 is 0 Å². The Hall–Kier alpha value is -1.33. The summed E-state index contributed by atoms with van der Waals surface area (Å²) in [4.78, 5) is 2.75. The molecule has 2 aliphatic rings. The normalized spacial score (nSPS) is 26.7. The number of nitrogens with one attached hydrogen (secondary N) is 2. The predicted octanol–water partition coefficient (Wildman–Crippen LogP) is 3.78. The van der Waals surface area contributed by atoms with Crippen LogP contribution < -0.4 is 15.4 Å². The van der Waals surface area contributed by atoms with Crippen molar-refractivity contribution in [2.45, 2.75) is 63.6 Å². The third-order valence-corrected chi connectivity index (χ3v) is 5.49. The van der Waals surface area contributed by atoms with Crippen LogP contribution >= 0.6 is 12.2 Å². The first-order chi connectivity index (χ1) is 11.7. The van der Waals surface area contributed by atoms with Crippen molar-refractivity contribution >= 4 is 23.0 Å². The fraction of sp³-hybridized carbons (Fsp3) is 0.632. The van der Waals surface area contributed by atoms with Crippen molar-refractivity contribution < 1.29 is 4.74 Å². The monoisotopic (exact) mass is 347 g/mol. The highest BCUT2D eigenvalue weighted by molar-refractivity contribution is 7.80. The number of thiocarbonyl (C=S) groups is 1. The number of nitrogens with zero attached hydrogens (tertiary/aromatic N) is 1. The van der Waals surface area contributed by atoms with Crippen LogP contribution in [0.25, 0.3) is 0 Å². The van der Waals surface area contributed by atoms with E-state index in [0.29, 0.717) is 6.04 Å². The average Bonchev–Trinajstić information content (AvgIpc) is 2.56. The molecule has 0 unspecified atom stereocenters. The van der Waals surface area contributed by atoms with Crippen LogP contribution in [0.5, 0.6) is 5.75 Å². The second kappa shape index (κ2) is 8.17. The van der Waals surface area contributed by atoms with Gasteiger partial charge in [0.15, 0.2) is 5.11 Å². The van der Waals surface area contributed by atoms with Gasteiger partial charge in [-0.2, -0.15) is 0 Å². The summed E-state index contributed by atoms with van der Waals surface area (Å²) in [6.07, 6.45) is 7.72. The van der Waals surface area contributed by atoms with E-state index in [9.17, 15) is 0 Å². The molecule has 1 aromatic rings. The fourth-order valence-corrected chi connectivity index (χ4v) is 4.56. The molecule has 5 heteroatoms. The zero-order valence-corrected chi connectivity index (χ0v) is 15.6. The molecule has 1 aromatic carbocycles. The number of hydrogen-bond donors (Lipinski definition) is 2. The van der Waals surface area contributed by atoms with Gasteiger partial charge in [0, 0.05) is 29.9 Å². The molecule has 0 spiro atoms. The highest BCUT2D eigenvalue weighted by Gasteiger charge is 2.37. The average molecular weight is 348 g/mol. The van der Waals surface area contributed by atoms with Gasteiger partial charge in [-0.1, -0.05) is 19.4 Å². The topological polar surface area (TPSA) is 36.5 Å². The molecule has 0 aromatic heterocycles. The maximum absolute atomic E-state index is 5.53. The van der Waals surface area contributed by atoms with Crippen LogP contribution in [0, 0.1) is 0 Å². The summed E-state index contributed by atoms with van der Waals surface area (Å²) in [5, 5.41) is 7.56.